The lowest BCUT2D eigenvalue weighted by Crippen LogP contribution is -2.44. The number of aliphatic hydroxyl groups excluding tert-OH is 1. The zero-order valence-electron chi connectivity index (χ0n) is 10.4. The molecule has 0 aromatic heterocycles. The molecule has 1 rings (SSSR count). The maximum absolute atomic E-state index is 13.4. The van der Waals surface area contributed by atoms with Crippen molar-refractivity contribution in [3.05, 3.63) is 35.4 Å². The molecule has 1 unspecified atom stereocenters. The highest BCUT2D eigenvalue weighted by Gasteiger charge is 2.38. The molecule has 0 bridgehead atoms. The van der Waals surface area contributed by atoms with E-state index in [1.165, 1.54) is 13.8 Å². The van der Waals surface area contributed by atoms with E-state index in [0.717, 1.165) is 24.5 Å². The van der Waals surface area contributed by atoms with E-state index in [1.54, 1.807) is 0 Å². The van der Waals surface area contributed by atoms with Gasteiger partial charge in [0.25, 0.3) is 0 Å². The molecule has 0 spiro atoms. The van der Waals surface area contributed by atoms with Crippen molar-refractivity contribution in [2.45, 2.75) is 31.1 Å². The molecular formula is C12H16F2O3S. The van der Waals surface area contributed by atoms with Crippen LogP contribution in [0.3, 0.4) is 0 Å². The third-order valence-corrected chi connectivity index (χ3v) is 5.36. The van der Waals surface area contributed by atoms with Crippen LogP contribution in [0.1, 0.15) is 19.4 Å². The topological polar surface area (TPSA) is 54.4 Å². The van der Waals surface area contributed by atoms with Crippen molar-refractivity contribution in [1.82, 2.24) is 0 Å². The van der Waals surface area contributed by atoms with Crippen LogP contribution in [-0.4, -0.2) is 30.6 Å². The second-order valence-electron chi connectivity index (χ2n) is 4.83. The summed E-state index contributed by atoms with van der Waals surface area (Å²) in [5.74, 6) is -1.30. The van der Waals surface area contributed by atoms with Gasteiger partial charge in [0.2, 0.25) is 0 Å². The predicted octanol–water partition coefficient (Wildman–Crippen LogP) is 1.69. The monoisotopic (exact) mass is 278 g/mol. The minimum absolute atomic E-state index is 0.0424. The van der Waals surface area contributed by atoms with Gasteiger partial charge in [-0.1, -0.05) is 0 Å². The third kappa shape index (κ3) is 3.05. The number of rotatable bonds is 4. The first-order chi connectivity index (χ1) is 8.05. The average molecular weight is 278 g/mol. The van der Waals surface area contributed by atoms with E-state index in [0.29, 0.717) is 0 Å². The normalized spacial score (nSPS) is 14.6. The quantitative estimate of drug-likeness (QED) is 0.912. The molecule has 1 atom stereocenters. The number of hydrogen-bond donors (Lipinski definition) is 1. The Hall–Kier alpha value is -1.01. The largest absolute Gasteiger partial charge is 0.391 e. The first kappa shape index (κ1) is 15.0. The van der Waals surface area contributed by atoms with Gasteiger partial charge in [0.05, 0.1) is 10.9 Å². The van der Waals surface area contributed by atoms with Gasteiger partial charge >= 0.3 is 0 Å². The molecule has 0 aliphatic carbocycles. The van der Waals surface area contributed by atoms with Crippen LogP contribution in [-0.2, 0) is 16.3 Å². The summed E-state index contributed by atoms with van der Waals surface area (Å²) in [4.78, 5) is 0. The Labute approximate surface area is 105 Å². The highest BCUT2D eigenvalue weighted by atomic mass is 32.2. The fourth-order valence-corrected chi connectivity index (χ4v) is 1.98. The van der Waals surface area contributed by atoms with Crippen LogP contribution in [0.15, 0.2) is 18.2 Å². The summed E-state index contributed by atoms with van der Waals surface area (Å²) < 4.78 is 47.9. The molecule has 6 heteroatoms. The number of benzene rings is 1. The minimum Gasteiger partial charge on any atom is -0.391 e. The molecule has 0 heterocycles. The van der Waals surface area contributed by atoms with Crippen molar-refractivity contribution >= 4 is 9.84 Å². The molecular weight excluding hydrogens is 262 g/mol. The van der Waals surface area contributed by atoms with E-state index in [4.69, 9.17) is 0 Å². The summed E-state index contributed by atoms with van der Waals surface area (Å²) in [5, 5.41) is 9.91. The van der Waals surface area contributed by atoms with Gasteiger partial charge in [0.15, 0.2) is 9.84 Å². The van der Waals surface area contributed by atoms with E-state index >= 15 is 0 Å². The van der Waals surface area contributed by atoms with Crippen LogP contribution in [0.25, 0.3) is 0 Å². The van der Waals surface area contributed by atoms with Gasteiger partial charge in [-0.05, 0) is 37.6 Å². The van der Waals surface area contributed by atoms with Crippen molar-refractivity contribution < 1.29 is 22.3 Å². The van der Waals surface area contributed by atoms with Crippen molar-refractivity contribution in [3.63, 3.8) is 0 Å². The Morgan fingerprint density at radius 3 is 2.39 bits per heavy atom. The summed E-state index contributed by atoms with van der Waals surface area (Å²) in [6, 6.07) is 2.87. The highest BCUT2D eigenvalue weighted by molar-refractivity contribution is 7.92. The molecule has 0 saturated carbocycles. The van der Waals surface area contributed by atoms with E-state index in [1.807, 2.05) is 0 Å². The molecule has 0 saturated heterocycles. The Kier molecular flexibility index (Phi) is 4.12. The zero-order valence-corrected chi connectivity index (χ0v) is 11.3. The maximum atomic E-state index is 13.4. The van der Waals surface area contributed by atoms with Crippen LogP contribution >= 0.6 is 0 Å². The van der Waals surface area contributed by atoms with Crippen LogP contribution in [0.5, 0.6) is 0 Å². The second kappa shape index (κ2) is 4.93. The SMILES string of the molecule is CC(C)(C(O)Cc1cc(F)ccc1F)S(C)(=O)=O. The molecule has 18 heavy (non-hydrogen) atoms. The zero-order chi connectivity index (χ0) is 14.1. The van der Waals surface area contributed by atoms with Crippen molar-refractivity contribution in [2.24, 2.45) is 0 Å². The first-order valence-corrected chi connectivity index (χ1v) is 7.26. The average Bonchev–Trinajstić information content (AvgIpc) is 2.21. The number of aliphatic hydroxyl groups is 1. The second-order valence-corrected chi connectivity index (χ2v) is 7.43. The van der Waals surface area contributed by atoms with Crippen molar-refractivity contribution in [2.75, 3.05) is 6.26 Å². The standard InChI is InChI=1S/C12H16F2O3S/c1-12(2,18(3,16)17)11(15)7-8-6-9(13)4-5-10(8)14/h4-6,11,15H,7H2,1-3H3. The first-order valence-electron chi connectivity index (χ1n) is 5.37. The lowest BCUT2D eigenvalue weighted by atomic mass is 9.98. The summed E-state index contributed by atoms with van der Waals surface area (Å²) in [7, 11) is -3.51. The molecule has 0 radical (unpaired) electrons. The number of hydrogen-bond acceptors (Lipinski definition) is 3. The van der Waals surface area contributed by atoms with Crippen LogP contribution in [0, 0.1) is 11.6 Å². The van der Waals surface area contributed by atoms with E-state index in [2.05, 4.69) is 0 Å². The molecule has 0 fully saturated rings. The Balaban J connectivity index is 3.02. The van der Waals surface area contributed by atoms with Crippen molar-refractivity contribution in [1.29, 1.82) is 0 Å². The van der Waals surface area contributed by atoms with E-state index < -0.39 is 32.3 Å². The smallest absolute Gasteiger partial charge is 0.155 e. The molecule has 0 aliphatic rings. The third-order valence-electron chi connectivity index (χ3n) is 3.18. The van der Waals surface area contributed by atoms with Gasteiger partial charge < -0.3 is 5.11 Å². The van der Waals surface area contributed by atoms with Gasteiger partial charge in [0, 0.05) is 12.7 Å². The highest BCUT2D eigenvalue weighted by Crippen LogP contribution is 2.24. The van der Waals surface area contributed by atoms with E-state index in [-0.39, 0.29) is 12.0 Å². The molecule has 0 amide bonds. The van der Waals surface area contributed by atoms with Gasteiger partial charge in [-0.15, -0.1) is 0 Å². The number of halogens is 2. The molecule has 0 aliphatic heterocycles. The predicted molar refractivity (Wildman–Crippen MR) is 65.0 cm³/mol. The number of sulfone groups is 1. The molecule has 3 nitrogen and oxygen atoms in total. The fourth-order valence-electron chi connectivity index (χ4n) is 1.40. The molecule has 1 aromatic carbocycles. The fraction of sp³-hybridized carbons (Fsp3) is 0.500. The summed E-state index contributed by atoms with van der Waals surface area (Å²) in [6.45, 7) is 2.70. The van der Waals surface area contributed by atoms with E-state index in [9.17, 15) is 22.3 Å². The van der Waals surface area contributed by atoms with Crippen LogP contribution < -0.4 is 0 Å². The molecule has 102 valence electrons. The lowest BCUT2D eigenvalue weighted by Gasteiger charge is -2.28. The Bertz CT molecular complexity index is 538. The van der Waals surface area contributed by atoms with Crippen LogP contribution in [0.2, 0.25) is 0 Å². The van der Waals surface area contributed by atoms with Gasteiger partial charge in [-0.25, -0.2) is 17.2 Å². The van der Waals surface area contributed by atoms with Gasteiger partial charge in [-0.2, -0.15) is 0 Å². The van der Waals surface area contributed by atoms with Crippen LogP contribution in [0.4, 0.5) is 8.78 Å². The maximum Gasteiger partial charge on any atom is 0.155 e. The summed E-state index contributed by atoms with van der Waals surface area (Å²) in [6.07, 6.45) is -0.578. The minimum atomic E-state index is -3.51. The summed E-state index contributed by atoms with van der Waals surface area (Å²) >= 11 is 0. The Morgan fingerprint density at radius 1 is 1.33 bits per heavy atom. The van der Waals surface area contributed by atoms with Gasteiger partial charge in [-0.3, -0.25) is 0 Å². The Morgan fingerprint density at radius 2 is 1.89 bits per heavy atom. The van der Waals surface area contributed by atoms with Crippen molar-refractivity contribution in [3.8, 4) is 0 Å². The molecule has 1 aromatic rings. The summed E-state index contributed by atoms with van der Waals surface area (Å²) in [5.41, 5.74) is -0.0424. The van der Waals surface area contributed by atoms with Gasteiger partial charge in [0.1, 0.15) is 11.6 Å². The lowest BCUT2D eigenvalue weighted by molar-refractivity contribution is 0.136. The molecule has 1 N–H and O–H groups in total.